The number of hydrogen-bond donors (Lipinski definition) is 0. The lowest BCUT2D eigenvalue weighted by Gasteiger charge is -2.38. The van der Waals surface area contributed by atoms with Crippen molar-refractivity contribution in [2.75, 3.05) is 0 Å². The Morgan fingerprint density at radius 1 is 0.900 bits per heavy atom. The van der Waals surface area contributed by atoms with Crippen LogP contribution in [0.15, 0.2) is 54.6 Å². The quantitative estimate of drug-likeness (QED) is 0.584. The molecule has 30 heavy (non-hydrogen) atoms. The fourth-order valence-electron chi connectivity index (χ4n) is 5.23. The molecule has 0 spiro atoms. The number of nitrogens with zero attached hydrogens (tertiary/aromatic N) is 1. The molecule has 0 radical (unpaired) electrons. The van der Waals surface area contributed by atoms with E-state index in [1.54, 1.807) is 4.31 Å². The van der Waals surface area contributed by atoms with Crippen LogP contribution in [0.2, 0.25) is 0 Å². The van der Waals surface area contributed by atoms with Crippen LogP contribution < -0.4 is 0 Å². The molecule has 1 aliphatic heterocycles. The highest BCUT2D eigenvalue weighted by Gasteiger charge is 2.40. The van der Waals surface area contributed by atoms with E-state index >= 15 is 0 Å². The van der Waals surface area contributed by atoms with Gasteiger partial charge in [0, 0.05) is 12.6 Å². The highest BCUT2D eigenvalue weighted by Crippen LogP contribution is 2.42. The predicted molar refractivity (Wildman–Crippen MR) is 124 cm³/mol. The molecule has 0 amide bonds. The molecule has 3 nitrogen and oxygen atoms in total. The molecule has 2 aromatic carbocycles. The standard InChI is InChI=1S/C26H35NO2S/c1-20-15-17-26(3,18-16-20)24-12-10-22(11-13-24)19-27-21(2)9-14-25(30(27,28)29)23-7-5-4-6-8-23/h4-8,10-13,20-21,25H,9,14-19H2,1-3H3/t20-,21-,25?,26-/m0/s1. The molecule has 0 N–H and O–H groups in total. The zero-order valence-electron chi connectivity index (χ0n) is 18.5. The summed E-state index contributed by atoms with van der Waals surface area (Å²) in [6.45, 7) is 7.24. The monoisotopic (exact) mass is 425 g/mol. The SMILES string of the molecule is C[C@H]1CCC(c2ccccc2)S(=O)(=O)N1Cc1ccc([C@]2(C)CC[C@@H](C)CC2)cc1. The van der Waals surface area contributed by atoms with E-state index in [-0.39, 0.29) is 11.5 Å². The van der Waals surface area contributed by atoms with Crippen LogP contribution in [-0.2, 0) is 22.0 Å². The average molecular weight is 426 g/mol. The van der Waals surface area contributed by atoms with E-state index in [4.69, 9.17) is 0 Å². The minimum Gasteiger partial charge on any atom is -0.212 e. The molecule has 1 heterocycles. The van der Waals surface area contributed by atoms with Gasteiger partial charge < -0.3 is 0 Å². The maximum Gasteiger partial charge on any atom is 0.221 e. The molecule has 2 aromatic rings. The molecule has 1 unspecified atom stereocenters. The van der Waals surface area contributed by atoms with Gasteiger partial charge in [0.1, 0.15) is 5.25 Å². The van der Waals surface area contributed by atoms with E-state index in [0.29, 0.717) is 13.0 Å². The van der Waals surface area contributed by atoms with E-state index < -0.39 is 15.3 Å². The zero-order valence-corrected chi connectivity index (χ0v) is 19.4. The van der Waals surface area contributed by atoms with Crippen LogP contribution in [-0.4, -0.2) is 18.8 Å². The normalized spacial score (nSPS) is 32.0. The van der Waals surface area contributed by atoms with Crippen LogP contribution in [0.5, 0.6) is 0 Å². The molecular weight excluding hydrogens is 390 g/mol. The van der Waals surface area contributed by atoms with Gasteiger partial charge in [0.2, 0.25) is 10.0 Å². The van der Waals surface area contributed by atoms with E-state index in [0.717, 1.165) is 23.5 Å². The van der Waals surface area contributed by atoms with Crippen LogP contribution in [0.25, 0.3) is 0 Å². The minimum atomic E-state index is -3.38. The Labute approximate surface area is 182 Å². The van der Waals surface area contributed by atoms with Crippen LogP contribution >= 0.6 is 0 Å². The van der Waals surface area contributed by atoms with Crippen molar-refractivity contribution in [2.45, 2.75) is 82.5 Å². The van der Waals surface area contributed by atoms with Crippen molar-refractivity contribution in [3.8, 4) is 0 Å². The summed E-state index contributed by atoms with van der Waals surface area (Å²) in [7, 11) is -3.38. The van der Waals surface area contributed by atoms with E-state index in [2.05, 4.69) is 38.1 Å². The molecule has 2 fully saturated rings. The van der Waals surface area contributed by atoms with E-state index in [1.807, 2.05) is 37.3 Å². The first-order chi connectivity index (χ1) is 14.3. The lowest BCUT2D eigenvalue weighted by molar-refractivity contribution is 0.260. The Hall–Kier alpha value is -1.65. The summed E-state index contributed by atoms with van der Waals surface area (Å²) in [6.07, 6.45) is 6.66. The average Bonchev–Trinajstić information content (AvgIpc) is 2.74. The lowest BCUT2D eigenvalue weighted by atomic mass is 9.68. The second kappa shape index (κ2) is 8.47. The first-order valence-corrected chi connectivity index (χ1v) is 12.9. The van der Waals surface area contributed by atoms with Crippen molar-refractivity contribution in [1.29, 1.82) is 0 Å². The second-order valence-corrected chi connectivity index (χ2v) is 11.9. The molecule has 0 aromatic heterocycles. The summed E-state index contributed by atoms with van der Waals surface area (Å²) < 4.78 is 28.6. The maximum atomic E-state index is 13.5. The van der Waals surface area contributed by atoms with Gasteiger partial charge in [0.25, 0.3) is 0 Å². The summed E-state index contributed by atoms with van der Waals surface area (Å²) in [5.74, 6) is 0.834. The van der Waals surface area contributed by atoms with Crippen LogP contribution in [0.4, 0.5) is 0 Å². The molecule has 0 bridgehead atoms. The van der Waals surface area contributed by atoms with Gasteiger partial charge in [-0.25, -0.2) is 8.42 Å². The summed E-state index contributed by atoms with van der Waals surface area (Å²) >= 11 is 0. The van der Waals surface area contributed by atoms with Crippen molar-refractivity contribution < 1.29 is 8.42 Å². The largest absolute Gasteiger partial charge is 0.221 e. The molecule has 1 saturated carbocycles. The fourth-order valence-corrected chi connectivity index (χ4v) is 7.43. The number of hydrogen-bond acceptors (Lipinski definition) is 2. The molecular formula is C26H35NO2S. The Kier molecular flexibility index (Phi) is 6.09. The van der Waals surface area contributed by atoms with Gasteiger partial charge in [0.05, 0.1) is 0 Å². The highest BCUT2D eigenvalue weighted by atomic mass is 32.2. The number of sulfonamides is 1. The fraction of sp³-hybridized carbons (Fsp3) is 0.538. The second-order valence-electron chi connectivity index (χ2n) is 9.86. The van der Waals surface area contributed by atoms with Crippen molar-refractivity contribution >= 4 is 10.0 Å². The third kappa shape index (κ3) is 4.22. The first-order valence-electron chi connectivity index (χ1n) is 11.4. The lowest BCUT2D eigenvalue weighted by Crippen LogP contribution is -2.44. The summed E-state index contributed by atoms with van der Waals surface area (Å²) in [6, 6.07) is 18.5. The predicted octanol–water partition coefficient (Wildman–Crippen LogP) is 6.21. The van der Waals surface area contributed by atoms with Gasteiger partial charge in [0.15, 0.2) is 0 Å². The maximum absolute atomic E-state index is 13.5. The third-order valence-corrected chi connectivity index (χ3v) is 9.93. The van der Waals surface area contributed by atoms with Crippen molar-refractivity contribution in [2.24, 2.45) is 5.92 Å². The van der Waals surface area contributed by atoms with Gasteiger partial charge in [-0.2, -0.15) is 4.31 Å². The van der Waals surface area contributed by atoms with Gasteiger partial charge in [-0.15, -0.1) is 0 Å². The minimum absolute atomic E-state index is 0.0342. The van der Waals surface area contributed by atoms with E-state index in [1.165, 1.54) is 31.2 Å². The van der Waals surface area contributed by atoms with Gasteiger partial charge in [-0.1, -0.05) is 68.4 Å². The summed E-state index contributed by atoms with van der Waals surface area (Å²) in [5.41, 5.74) is 3.64. The van der Waals surface area contributed by atoms with Crippen molar-refractivity contribution in [3.63, 3.8) is 0 Å². The third-order valence-electron chi connectivity index (χ3n) is 7.56. The number of rotatable bonds is 4. The van der Waals surface area contributed by atoms with Crippen LogP contribution in [0.1, 0.15) is 81.2 Å². The molecule has 2 aliphatic rings. The first kappa shape index (κ1) is 21.6. The molecule has 4 heteroatoms. The van der Waals surface area contributed by atoms with Crippen molar-refractivity contribution in [1.82, 2.24) is 4.31 Å². The Morgan fingerprint density at radius 2 is 1.53 bits per heavy atom. The van der Waals surface area contributed by atoms with Gasteiger partial charge in [-0.3, -0.25) is 0 Å². The Balaban J connectivity index is 1.53. The molecule has 4 rings (SSSR count). The molecule has 162 valence electrons. The van der Waals surface area contributed by atoms with Crippen LogP contribution in [0, 0.1) is 5.92 Å². The van der Waals surface area contributed by atoms with Crippen LogP contribution in [0.3, 0.4) is 0 Å². The highest BCUT2D eigenvalue weighted by molar-refractivity contribution is 7.89. The zero-order chi connectivity index (χ0) is 21.4. The topological polar surface area (TPSA) is 37.4 Å². The van der Waals surface area contributed by atoms with Gasteiger partial charge >= 0.3 is 0 Å². The molecule has 1 saturated heterocycles. The molecule has 1 aliphatic carbocycles. The molecule has 2 atom stereocenters. The smallest absolute Gasteiger partial charge is 0.212 e. The summed E-state index contributed by atoms with van der Waals surface area (Å²) in [4.78, 5) is 0. The number of benzene rings is 2. The Morgan fingerprint density at radius 3 is 2.17 bits per heavy atom. The van der Waals surface area contributed by atoms with E-state index in [9.17, 15) is 8.42 Å². The summed E-state index contributed by atoms with van der Waals surface area (Å²) in [5, 5.41) is -0.433. The Bertz CT molecular complexity index is 944. The van der Waals surface area contributed by atoms with Gasteiger partial charge in [-0.05, 0) is 73.5 Å². The van der Waals surface area contributed by atoms with Crippen molar-refractivity contribution in [3.05, 3.63) is 71.3 Å².